The molecule has 0 aliphatic carbocycles. The fraction of sp³-hybridized carbons (Fsp3) is 0.188. The first-order chi connectivity index (χ1) is 10.3. The molecule has 2 rings (SSSR count). The van der Waals surface area contributed by atoms with Gasteiger partial charge in [0.25, 0.3) is 11.6 Å². The van der Waals surface area contributed by atoms with Gasteiger partial charge in [0, 0.05) is 11.1 Å². The Morgan fingerprint density at radius 1 is 1.18 bits per heavy atom. The highest BCUT2D eigenvalue weighted by Gasteiger charge is 2.21. The Kier molecular flexibility index (Phi) is 4.21. The lowest BCUT2D eigenvalue weighted by Gasteiger charge is -2.13. The molecular weight excluding hydrogens is 287 g/mol. The number of nitro benzene ring substituents is 1. The van der Waals surface area contributed by atoms with Gasteiger partial charge in [-0.1, -0.05) is 6.07 Å². The van der Waals surface area contributed by atoms with E-state index < -0.39 is 16.6 Å². The second kappa shape index (κ2) is 5.93. The average molecular weight is 302 g/mol. The van der Waals surface area contributed by atoms with E-state index in [0.29, 0.717) is 22.4 Å². The van der Waals surface area contributed by atoms with E-state index in [1.54, 1.807) is 26.8 Å². The van der Waals surface area contributed by atoms with E-state index in [1.165, 1.54) is 18.2 Å². The molecular formula is C16H15FN2O3. The fourth-order valence-electron chi connectivity index (χ4n) is 2.46. The maximum Gasteiger partial charge on any atom is 0.277 e. The maximum absolute atomic E-state index is 13.2. The van der Waals surface area contributed by atoms with Gasteiger partial charge in [0.2, 0.25) is 0 Å². The summed E-state index contributed by atoms with van der Waals surface area (Å²) in [6.45, 7) is 4.99. The molecule has 5 nitrogen and oxygen atoms in total. The minimum atomic E-state index is -0.518. The SMILES string of the molecule is Cc1cc(C)c([N+](=O)[O-])c(C)c1NC(=O)c1cccc(F)c1. The Morgan fingerprint density at radius 2 is 1.86 bits per heavy atom. The van der Waals surface area contributed by atoms with Crippen LogP contribution in [0.5, 0.6) is 0 Å². The van der Waals surface area contributed by atoms with Crippen LogP contribution >= 0.6 is 0 Å². The molecule has 0 unspecified atom stereocenters. The lowest BCUT2D eigenvalue weighted by atomic mass is 10.0. The quantitative estimate of drug-likeness (QED) is 0.690. The summed E-state index contributed by atoms with van der Waals surface area (Å²) in [5, 5.41) is 13.8. The summed E-state index contributed by atoms with van der Waals surface area (Å²) in [5.41, 5.74) is 2.13. The Labute approximate surface area is 126 Å². The van der Waals surface area contributed by atoms with Gasteiger partial charge in [0.15, 0.2) is 0 Å². The molecule has 0 radical (unpaired) electrons. The zero-order valence-corrected chi connectivity index (χ0v) is 12.4. The number of nitrogens with zero attached hydrogens (tertiary/aromatic N) is 1. The highest BCUT2D eigenvalue weighted by Crippen LogP contribution is 2.32. The van der Waals surface area contributed by atoms with Crippen molar-refractivity contribution in [1.82, 2.24) is 0 Å². The van der Waals surface area contributed by atoms with Gasteiger partial charge >= 0.3 is 0 Å². The predicted octanol–water partition coefficient (Wildman–Crippen LogP) is 3.91. The highest BCUT2D eigenvalue weighted by molar-refractivity contribution is 6.05. The molecule has 0 saturated carbocycles. The molecule has 0 heterocycles. The molecule has 0 aliphatic rings. The molecule has 0 fully saturated rings. The van der Waals surface area contributed by atoms with Crippen molar-refractivity contribution in [1.29, 1.82) is 0 Å². The molecule has 0 spiro atoms. The average Bonchev–Trinajstić information content (AvgIpc) is 2.42. The Morgan fingerprint density at radius 3 is 2.45 bits per heavy atom. The van der Waals surface area contributed by atoms with Crippen molar-refractivity contribution < 1.29 is 14.1 Å². The number of nitro groups is 1. The summed E-state index contributed by atoms with van der Waals surface area (Å²) in [7, 11) is 0. The van der Waals surface area contributed by atoms with Crippen LogP contribution < -0.4 is 5.32 Å². The van der Waals surface area contributed by atoms with Crippen LogP contribution in [0, 0.1) is 36.7 Å². The molecule has 0 bridgehead atoms. The topological polar surface area (TPSA) is 72.2 Å². The maximum atomic E-state index is 13.2. The lowest BCUT2D eigenvalue weighted by molar-refractivity contribution is -0.386. The Bertz CT molecular complexity index is 772. The number of benzene rings is 2. The number of anilines is 1. The van der Waals surface area contributed by atoms with Gasteiger partial charge in [-0.25, -0.2) is 4.39 Å². The number of carbonyl (C=O) groups excluding carboxylic acids is 1. The van der Waals surface area contributed by atoms with Crippen LogP contribution in [-0.4, -0.2) is 10.8 Å². The number of hydrogen-bond acceptors (Lipinski definition) is 3. The van der Waals surface area contributed by atoms with Crippen molar-refractivity contribution in [2.45, 2.75) is 20.8 Å². The molecule has 0 atom stereocenters. The highest BCUT2D eigenvalue weighted by atomic mass is 19.1. The van der Waals surface area contributed by atoms with Gasteiger partial charge in [0.1, 0.15) is 5.82 Å². The van der Waals surface area contributed by atoms with Gasteiger partial charge in [-0.15, -0.1) is 0 Å². The number of hydrogen-bond donors (Lipinski definition) is 1. The normalized spacial score (nSPS) is 10.4. The lowest BCUT2D eigenvalue weighted by Crippen LogP contribution is -2.15. The number of nitrogens with one attached hydrogen (secondary N) is 1. The van der Waals surface area contributed by atoms with Crippen molar-refractivity contribution >= 4 is 17.3 Å². The molecule has 0 saturated heterocycles. The van der Waals surface area contributed by atoms with E-state index in [1.807, 2.05) is 0 Å². The van der Waals surface area contributed by atoms with E-state index in [4.69, 9.17) is 0 Å². The summed E-state index contributed by atoms with van der Waals surface area (Å²) in [6, 6.07) is 6.91. The summed E-state index contributed by atoms with van der Waals surface area (Å²) in [5.74, 6) is -1.03. The molecule has 0 aromatic heterocycles. The molecule has 1 N–H and O–H groups in total. The van der Waals surface area contributed by atoms with Gasteiger partial charge in [-0.05, 0) is 50.6 Å². The summed E-state index contributed by atoms with van der Waals surface area (Å²) in [4.78, 5) is 22.9. The summed E-state index contributed by atoms with van der Waals surface area (Å²) >= 11 is 0. The number of aryl methyl sites for hydroxylation is 2. The number of amides is 1. The van der Waals surface area contributed by atoms with Gasteiger partial charge < -0.3 is 5.32 Å². The van der Waals surface area contributed by atoms with Crippen LogP contribution in [-0.2, 0) is 0 Å². The zero-order valence-electron chi connectivity index (χ0n) is 12.4. The van der Waals surface area contributed by atoms with Crippen molar-refractivity contribution in [3.8, 4) is 0 Å². The van der Waals surface area contributed by atoms with E-state index in [9.17, 15) is 19.3 Å². The molecule has 1 amide bonds. The first-order valence-electron chi connectivity index (χ1n) is 6.63. The first kappa shape index (κ1) is 15.6. The number of carbonyl (C=O) groups is 1. The van der Waals surface area contributed by atoms with Gasteiger partial charge in [-0.2, -0.15) is 0 Å². The van der Waals surface area contributed by atoms with E-state index in [-0.39, 0.29) is 11.3 Å². The van der Waals surface area contributed by atoms with Crippen molar-refractivity contribution in [3.63, 3.8) is 0 Å². The van der Waals surface area contributed by atoms with E-state index in [0.717, 1.165) is 6.07 Å². The first-order valence-corrected chi connectivity index (χ1v) is 6.63. The standard InChI is InChI=1S/C16H15FN2O3/c1-9-7-10(2)15(19(21)22)11(3)14(9)18-16(20)12-5-4-6-13(17)8-12/h4-8H,1-3H3,(H,18,20). The second-order valence-electron chi connectivity index (χ2n) is 5.08. The minimum Gasteiger partial charge on any atom is -0.321 e. The van der Waals surface area contributed by atoms with Crippen LogP contribution in [0.3, 0.4) is 0 Å². The van der Waals surface area contributed by atoms with Gasteiger partial charge in [0.05, 0.1) is 16.2 Å². The van der Waals surface area contributed by atoms with Crippen LogP contribution in [0.1, 0.15) is 27.0 Å². The minimum absolute atomic E-state index is 0.0276. The van der Waals surface area contributed by atoms with Crippen LogP contribution in [0.15, 0.2) is 30.3 Å². The fourth-order valence-corrected chi connectivity index (χ4v) is 2.46. The molecule has 6 heteroatoms. The molecule has 2 aromatic rings. The van der Waals surface area contributed by atoms with E-state index >= 15 is 0 Å². The van der Waals surface area contributed by atoms with Crippen LogP contribution in [0.4, 0.5) is 15.8 Å². The van der Waals surface area contributed by atoms with Crippen molar-refractivity contribution in [2.75, 3.05) is 5.32 Å². The Hall–Kier alpha value is -2.76. The number of halogens is 1. The van der Waals surface area contributed by atoms with Crippen LogP contribution in [0.25, 0.3) is 0 Å². The summed E-state index contributed by atoms with van der Waals surface area (Å²) < 4.78 is 13.2. The van der Waals surface area contributed by atoms with Crippen LogP contribution in [0.2, 0.25) is 0 Å². The third kappa shape index (κ3) is 2.95. The molecule has 114 valence electrons. The largest absolute Gasteiger partial charge is 0.321 e. The van der Waals surface area contributed by atoms with Gasteiger partial charge in [-0.3, -0.25) is 14.9 Å². The predicted molar refractivity (Wildman–Crippen MR) is 81.7 cm³/mol. The third-order valence-corrected chi connectivity index (χ3v) is 3.44. The van der Waals surface area contributed by atoms with Crippen molar-refractivity contribution in [3.05, 3.63) is 68.5 Å². The van der Waals surface area contributed by atoms with E-state index in [2.05, 4.69) is 5.32 Å². The third-order valence-electron chi connectivity index (χ3n) is 3.44. The summed E-state index contributed by atoms with van der Waals surface area (Å²) in [6.07, 6.45) is 0. The molecule has 22 heavy (non-hydrogen) atoms. The molecule has 2 aromatic carbocycles. The zero-order chi connectivity index (χ0) is 16.4. The smallest absolute Gasteiger partial charge is 0.277 e. The molecule has 0 aliphatic heterocycles. The number of rotatable bonds is 3. The Balaban J connectivity index is 2.43. The second-order valence-corrected chi connectivity index (χ2v) is 5.08. The monoisotopic (exact) mass is 302 g/mol. The van der Waals surface area contributed by atoms with Crippen molar-refractivity contribution in [2.24, 2.45) is 0 Å².